The summed E-state index contributed by atoms with van der Waals surface area (Å²) in [5, 5.41) is 12.7. The zero-order valence-electron chi connectivity index (χ0n) is 10.4. The average Bonchev–Trinajstić information content (AvgIpc) is 2.75. The van der Waals surface area contributed by atoms with Gasteiger partial charge in [-0.2, -0.15) is 0 Å². The first-order chi connectivity index (χ1) is 8.66. The molecule has 0 spiro atoms. The van der Waals surface area contributed by atoms with Crippen LogP contribution in [0.15, 0.2) is 33.9 Å². The quantitative estimate of drug-likeness (QED) is 0.790. The summed E-state index contributed by atoms with van der Waals surface area (Å²) in [5.41, 5.74) is 1.25. The van der Waals surface area contributed by atoms with Gasteiger partial charge in [-0.1, -0.05) is 59.7 Å². The molecule has 0 radical (unpaired) electrons. The second kappa shape index (κ2) is 6.33. The summed E-state index contributed by atoms with van der Waals surface area (Å²) in [5.74, 6) is 1.40. The predicted octanol–water partition coefficient (Wildman–Crippen LogP) is 3.38. The summed E-state index contributed by atoms with van der Waals surface area (Å²) in [7, 11) is 0. The zero-order valence-corrected chi connectivity index (χ0v) is 12.8. The normalized spacial score (nSPS) is 11.1. The molecular formula is C12H15BrN4S. The van der Waals surface area contributed by atoms with E-state index in [9.17, 15) is 0 Å². The minimum absolute atomic E-state index is 0.538. The fourth-order valence-electron chi connectivity index (χ4n) is 1.52. The van der Waals surface area contributed by atoms with Crippen LogP contribution < -0.4 is 0 Å². The van der Waals surface area contributed by atoms with E-state index in [0.29, 0.717) is 5.92 Å². The highest BCUT2D eigenvalue weighted by Crippen LogP contribution is 2.25. The van der Waals surface area contributed by atoms with Crippen LogP contribution in [0.25, 0.3) is 0 Å². The Morgan fingerprint density at radius 2 is 2.11 bits per heavy atom. The largest absolute Gasteiger partial charge is 0.220 e. The van der Waals surface area contributed by atoms with Gasteiger partial charge >= 0.3 is 0 Å². The molecule has 0 saturated carbocycles. The molecule has 0 aliphatic heterocycles. The van der Waals surface area contributed by atoms with E-state index in [1.54, 1.807) is 11.8 Å². The molecule has 2 aromatic rings. The first-order valence-electron chi connectivity index (χ1n) is 5.79. The lowest BCUT2D eigenvalue weighted by molar-refractivity contribution is 0.446. The highest BCUT2D eigenvalue weighted by atomic mass is 79.9. The number of aromatic nitrogens is 4. The van der Waals surface area contributed by atoms with Crippen LogP contribution in [0.4, 0.5) is 0 Å². The second-order valence-electron chi connectivity index (χ2n) is 4.42. The van der Waals surface area contributed by atoms with Crippen LogP contribution in [0.5, 0.6) is 0 Å². The summed E-state index contributed by atoms with van der Waals surface area (Å²) in [6, 6.07) is 8.21. The van der Waals surface area contributed by atoms with Crippen molar-refractivity contribution in [1.82, 2.24) is 20.2 Å². The van der Waals surface area contributed by atoms with E-state index < -0.39 is 0 Å². The van der Waals surface area contributed by atoms with Crippen molar-refractivity contribution in [2.75, 3.05) is 0 Å². The van der Waals surface area contributed by atoms with E-state index in [-0.39, 0.29) is 0 Å². The molecule has 2 rings (SSSR count). The highest BCUT2D eigenvalue weighted by Gasteiger charge is 2.09. The number of benzene rings is 1. The molecule has 96 valence electrons. The SMILES string of the molecule is CC(C)Cn1nnnc1SCc1ccccc1Br. The fourth-order valence-corrected chi connectivity index (χ4v) is 3.02. The number of nitrogens with zero attached hydrogens (tertiary/aromatic N) is 4. The molecular weight excluding hydrogens is 312 g/mol. The minimum Gasteiger partial charge on any atom is -0.220 e. The third kappa shape index (κ3) is 3.55. The highest BCUT2D eigenvalue weighted by molar-refractivity contribution is 9.10. The molecule has 0 fully saturated rings. The maximum absolute atomic E-state index is 4.06. The fraction of sp³-hybridized carbons (Fsp3) is 0.417. The van der Waals surface area contributed by atoms with E-state index in [4.69, 9.17) is 0 Å². The first kappa shape index (κ1) is 13.5. The molecule has 1 aromatic heterocycles. The van der Waals surface area contributed by atoms with Crippen LogP contribution in [0.1, 0.15) is 19.4 Å². The van der Waals surface area contributed by atoms with Crippen molar-refractivity contribution in [3.8, 4) is 0 Å². The number of hydrogen-bond donors (Lipinski definition) is 0. The molecule has 0 amide bonds. The molecule has 0 bridgehead atoms. The molecule has 6 heteroatoms. The van der Waals surface area contributed by atoms with Gasteiger partial charge in [0.05, 0.1) is 0 Å². The third-order valence-corrected chi connectivity index (χ3v) is 4.13. The number of tetrazole rings is 1. The van der Waals surface area contributed by atoms with Crippen LogP contribution >= 0.6 is 27.7 Å². The Morgan fingerprint density at radius 3 is 2.83 bits per heavy atom. The van der Waals surface area contributed by atoms with E-state index in [0.717, 1.165) is 21.9 Å². The Bertz CT molecular complexity index is 512. The second-order valence-corrected chi connectivity index (χ2v) is 6.21. The lowest BCUT2D eigenvalue weighted by Gasteiger charge is -2.07. The van der Waals surface area contributed by atoms with Crippen LogP contribution in [0.2, 0.25) is 0 Å². The van der Waals surface area contributed by atoms with Gasteiger partial charge in [-0.25, -0.2) is 4.68 Å². The van der Waals surface area contributed by atoms with Gasteiger partial charge < -0.3 is 0 Å². The minimum atomic E-state index is 0.538. The molecule has 0 atom stereocenters. The van der Waals surface area contributed by atoms with E-state index in [2.05, 4.69) is 51.4 Å². The van der Waals surface area contributed by atoms with Gasteiger partial charge in [0.25, 0.3) is 0 Å². The van der Waals surface area contributed by atoms with Crippen molar-refractivity contribution in [2.24, 2.45) is 5.92 Å². The topological polar surface area (TPSA) is 43.6 Å². The van der Waals surface area contributed by atoms with Gasteiger partial charge in [-0.05, 0) is 28.0 Å². The van der Waals surface area contributed by atoms with E-state index >= 15 is 0 Å². The van der Waals surface area contributed by atoms with Gasteiger partial charge in [-0.15, -0.1) is 5.10 Å². The summed E-state index contributed by atoms with van der Waals surface area (Å²) in [6.07, 6.45) is 0. The smallest absolute Gasteiger partial charge is 0.209 e. The molecule has 1 aromatic carbocycles. The van der Waals surface area contributed by atoms with Crippen LogP contribution in [0, 0.1) is 5.92 Å². The molecule has 0 aliphatic carbocycles. The van der Waals surface area contributed by atoms with Crippen LogP contribution in [-0.4, -0.2) is 20.2 Å². The maximum Gasteiger partial charge on any atom is 0.209 e. The monoisotopic (exact) mass is 326 g/mol. The van der Waals surface area contributed by atoms with Gasteiger partial charge in [0.2, 0.25) is 5.16 Å². The van der Waals surface area contributed by atoms with Crippen molar-refractivity contribution in [3.63, 3.8) is 0 Å². The van der Waals surface area contributed by atoms with Crippen LogP contribution in [0.3, 0.4) is 0 Å². The van der Waals surface area contributed by atoms with Crippen LogP contribution in [-0.2, 0) is 12.3 Å². The standard InChI is InChI=1S/C12H15BrN4S/c1-9(2)7-17-12(14-15-16-17)18-8-10-5-3-4-6-11(10)13/h3-6,9H,7-8H2,1-2H3. The number of hydrogen-bond acceptors (Lipinski definition) is 4. The Labute approximate surface area is 119 Å². The van der Waals surface area contributed by atoms with Gasteiger partial charge in [0.15, 0.2) is 0 Å². The van der Waals surface area contributed by atoms with Gasteiger partial charge in [-0.3, -0.25) is 0 Å². The Balaban J connectivity index is 2.02. The zero-order chi connectivity index (χ0) is 13.0. The Morgan fingerprint density at radius 1 is 1.33 bits per heavy atom. The summed E-state index contributed by atoms with van der Waals surface area (Å²) in [6.45, 7) is 5.17. The molecule has 0 unspecified atom stereocenters. The Hall–Kier alpha value is -0.880. The van der Waals surface area contributed by atoms with Crippen molar-refractivity contribution in [2.45, 2.75) is 31.3 Å². The van der Waals surface area contributed by atoms with Gasteiger partial charge in [0, 0.05) is 16.8 Å². The number of thioether (sulfide) groups is 1. The summed E-state index contributed by atoms with van der Waals surface area (Å²) < 4.78 is 2.99. The maximum atomic E-state index is 4.06. The molecule has 4 nitrogen and oxygen atoms in total. The van der Waals surface area contributed by atoms with Crippen molar-refractivity contribution >= 4 is 27.7 Å². The van der Waals surface area contributed by atoms with E-state index in [1.165, 1.54) is 5.56 Å². The summed E-state index contributed by atoms with van der Waals surface area (Å²) in [4.78, 5) is 0. The summed E-state index contributed by atoms with van der Waals surface area (Å²) >= 11 is 5.21. The molecule has 0 aliphatic rings. The predicted molar refractivity (Wildman–Crippen MR) is 76.4 cm³/mol. The first-order valence-corrected chi connectivity index (χ1v) is 7.57. The number of halogens is 1. The van der Waals surface area contributed by atoms with E-state index in [1.807, 2.05) is 22.9 Å². The molecule has 0 saturated heterocycles. The molecule has 1 heterocycles. The van der Waals surface area contributed by atoms with Crippen molar-refractivity contribution < 1.29 is 0 Å². The molecule has 18 heavy (non-hydrogen) atoms. The average molecular weight is 327 g/mol. The third-order valence-electron chi connectivity index (χ3n) is 2.35. The van der Waals surface area contributed by atoms with Crippen molar-refractivity contribution in [3.05, 3.63) is 34.3 Å². The van der Waals surface area contributed by atoms with Crippen molar-refractivity contribution in [1.29, 1.82) is 0 Å². The lowest BCUT2D eigenvalue weighted by atomic mass is 10.2. The molecule has 0 N–H and O–H groups in total. The lowest BCUT2D eigenvalue weighted by Crippen LogP contribution is -2.07. The number of rotatable bonds is 5. The Kier molecular flexibility index (Phi) is 4.77. The van der Waals surface area contributed by atoms with Gasteiger partial charge in [0.1, 0.15) is 0 Å².